The molecule has 1 N–H and O–H groups in total. The number of hydrogen-bond donors (Lipinski definition) is 1. The molecule has 0 bridgehead atoms. The van der Waals surface area contributed by atoms with Gasteiger partial charge in [-0.2, -0.15) is 10.4 Å². The highest BCUT2D eigenvalue weighted by Gasteiger charge is 2.08. The molecule has 0 fully saturated rings. The predicted octanol–water partition coefficient (Wildman–Crippen LogP) is 2.34. The summed E-state index contributed by atoms with van der Waals surface area (Å²) in [6.45, 7) is 0.622. The first-order valence-corrected chi connectivity index (χ1v) is 5.70. The maximum absolute atomic E-state index is 8.56. The molecule has 0 radical (unpaired) electrons. The molecule has 0 amide bonds. The molecule has 0 spiro atoms. The van der Waals surface area contributed by atoms with E-state index in [2.05, 4.69) is 21.1 Å². The second kappa shape index (κ2) is 4.34. The Kier molecular flexibility index (Phi) is 2.54. The summed E-state index contributed by atoms with van der Waals surface area (Å²) in [5.74, 6) is 0. The Balaban J connectivity index is 1.99. The molecule has 18 heavy (non-hydrogen) atoms. The van der Waals surface area contributed by atoms with Crippen LogP contribution in [0.2, 0.25) is 0 Å². The van der Waals surface area contributed by atoms with E-state index in [1.165, 1.54) is 0 Å². The van der Waals surface area contributed by atoms with Crippen LogP contribution in [0.5, 0.6) is 0 Å². The highest BCUT2D eigenvalue weighted by Crippen LogP contribution is 2.26. The molecule has 3 aromatic rings. The SMILES string of the molecule is N#CCCn1cc(-c2c[nH]c3ncccc23)cn1. The molecule has 88 valence electrons. The maximum Gasteiger partial charge on any atom is 0.137 e. The topological polar surface area (TPSA) is 70.3 Å². The zero-order valence-electron chi connectivity index (χ0n) is 9.67. The van der Waals surface area contributed by atoms with Gasteiger partial charge in [0.1, 0.15) is 5.65 Å². The van der Waals surface area contributed by atoms with Gasteiger partial charge in [0.15, 0.2) is 0 Å². The Morgan fingerprint density at radius 1 is 1.44 bits per heavy atom. The van der Waals surface area contributed by atoms with Crippen molar-refractivity contribution in [1.82, 2.24) is 19.7 Å². The highest BCUT2D eigenvalue weighted by molar-refractivity contribution is 5.93. The Morgan fingerprint density at radius 3 is 3.28 bits per heavy atom. The summed E-state index contributed by atoms with van der Waals surface area (Å²) < 4.78 is 1.79. The smallest absolute Gasteiger partial charge is 0.137 e. The summed E-state index contributed by atoms with van der Waals surface area (Å²) >= 11 is 0. The van der Waals surface area contributed by atoms with Crippen molar-refractivity contribution >= 4 is 11.0 Å². The third kappa shape index (κ3) is 1.74. The van der Waals surface area contributed by atoms with Gasteiger partial charge in [0, 0.05) is 35.1 Å². The van der Waals surface area contributed by atoms with Crippen molar-refractivity contribution in [2.45, 2.75) is 13.0 Å². The van der Waals surface area contributed by atoms with E-state index >= 15 is 0 Å². The van der Waals surface area contributed by atoms with Gasteiger partial charge in [-0.1, -0.05) is 0 Å². The van der Waals surface area contributed by atoms with Gasteiger partial charge in [-0.15, -0.1) is 0 Å². The molecular weight excluding hydrogens is 226 g/mol. The molecule has 3 aromatic heterocycles. The van der Waals surface area contributed by atoms with Gasteiger partial charge in [-0.3, -0.25) is 4.68 Å². The number of aromatic nitrogens is 4. The van der Waals surface area contributed by atoms with Gasteiger partial charge in [0.25, 0.3) is 0 Å². The molecular formula is C13H11N5. The monoisotopic (exact) mass is 237 g/mol. The lowest BCUT2D eigenvalue weighted by Gasteiger charge is -1.95. The third-order valence-electron chi connectivity index (χ3n) is 2.85. The van der Waals surface area contributed by atoms with Crippen LogP contribution in [-0.2, 0) is 6.54 Å². The number of nitriles is 1. The normalized spacial score (nSPS) is 10.6. The number of nitrogens with zero attached hydrogens (tertiary/aromatic N) is 4. The number of rotatable bonds is 3. The Morgan fingerprint density at radius 2 is 2.39 bits per heavy atom. The van der Waals surface area contributed by atoms with E-state index in [4.69, 9.17) is 5.26 Å². The van der Waals surface area contributed by atoms with Crippen LogP contribution in [0.1, 0.15) is 6.42 Å². The van der Waals surface area contributed by atoms with E-state index in [9.17, 15) is 0 Å². The van der Waals surface area contributed by atoms with Crippen molar-refractivity contribution < 1.29 is 0 Å². The Hall–Kier alpha value is -2.61. The van der Waals surface area contributed by atoms with E-state index in [0.29, 0.717) is 13.0 Å². The lowest BCUT2D eigenvalue weighted by molar-refractivity contribution is 0.628. The molecule has 5 nitrogen and oxygen atoms in total. The molecule has 0 aliphatic rings. The molecule has 3 rings (SSSR count). The fraction of sp³-hybridized carbons (Fsp3) is 0.154. The molecule has 0 atom stereocenters. The number of nitrogens with one attached hydrogen (secondary N) is 1. The summed E-state index contributed by atoms with van der Waals surface area (Å²) in [4.78, 5) is 7.40. The number of aromatic amines is 1. The van der Waals surface area contributed by atoms with E-state index in [1.807, 2.05) is 30.7 Å². The second-order valence-corrected chi connectivity index (χ2v) is 4.00. The van der Waals surface area contributed by atoms with Gasteiger partial charge >= 0.3 is 0 Å². The van der Waals surface area contributed by atoms with Crippen LogP contribution in [0, 0.1) is 11.3 Å². The average molecular weight is 237 g/mol. The van der Waals surface area contributed by atoms with Gasteiger partial charge in [-0.25, -0.2) is 4.98 Å². The molecule has 5 heteroatoms. The maximum atomic E-state index is 8.56. The molecule has 0 unspecified atom stereocenters. The van der Waals surface area contributed by atoms with Crippen molar-refractivity contribution in [1.29, 1.82) is 5.26 Å². The van der Waals surface area contributed by atoms with Crippen LogP contribution >= 0.6 is 0 Å². The van der Waals surface area contributed by atoms with Gasteiger partial charge in [0.2, 0.25) is 0 Å². The number of hydrogen-bond acceptors (Lipinski definition) is 3. The summed E-state index contributed by atoms with van der Waals surface area (Å²) in [5.41, 5.74) is 2.99. The first-order valence-electron chi connectivity index (χ1n) is 5.70. The molecule has 0 aromatic carbocycles. The quantitative estimate of drug-likeness (QED) is 0.760. The first kappa shape index (κ1) is 10.5. The largest absolute Gasteiger partial charge is 0.346 e. The van der Waals surface area contributed by atoms with E-state index in [0.717, 1.165) is 22.2 Å². The van der Waals surface area contributed by atoms with E-state index < -0.39 is 0 Å². The van der Waals surface area contributed by atoms with Crippen LogP contribution in [0.25, 0.3) is 22.2 Å². The molecule has 0 saturated heterocycles. The van der Waals surface area contributed by atoms with Gasteiger partial charge in [0.05, 0.1) is 25.2 Å². The minimum absolute atomic E-state index is 0.469. The van der Waals surface area contributed by atoms with Crippen molar-refractivity contribution in [3.63, 3.8) is 0 Å². The minimum Gasteiger partial charge on any atom is -0.346 e. The van der Waals surface area contributed by atoms with Gasteiger partial charge in [-0.05, 0) is 12.1 Å². The molecule has 3 heterocycles. The lowest BCUT2D eigenvalue weighted by Crippen LogP contribution is -1.96. The number of pyridine rings is 1. The highest BCUT2D eigenvalue weighted by atomic mass is 15.3. The number of fused-ring (bicyclic) bond motifs is 1. The average Bonchev–Trinajstić information content (AvgIpc) is 3.02. The van der Waals surface area contributed by atoms with Crippen molar-refractivity contribution in [2.24, 2.45) is 0 Å². The first-order chi connectivity index (χ1) is 8.88. The number of H-pyrrole nitrogens is 1. The van der Waals surface area contributed by atoms with Gasteiger partial charge < -0.3 is 4.98 Å². The lowest BCUT2D eigenvalue weighted by atomic mass is 10.1. The zero-order chi connectivity index (χ0) is 12.4. The molecule has 0 aliphatic heterocycles. The third-order valence-corrected chi connectivity index (χ3v) is 2.85. The van der Waals surface area contributed by atoms with Crippen LogP contribution in [0.4, 0.5) is 0 Å². The summed E-state index contributed by atoms with van der Waals surface area (Å²) in [7, 11) is 0. The number of aryl methyl sites for hydroxylation is 1. The summed E-state index contributed by atoms with van der Waals surface area (Å²) in [6.07, 6.45) is 7.93. The Labute approximate surface area is 104 Å². The second-order valence-electron chi connectivity index (χ2n) is 4.00. The fourth-order valence-corrected chi connectivity index (χ4v) is 1.98. The standard InChI is InChI=1S/C13H11N5/c14-4-2-6-18-9-10(7-17-18)12-8-16-13-11(12)3-1-5-15-13/h1,3,5,7-9H,2,6H2,(H,15,16). The molecule has 0 aliphatic carbocycles. The van der Waals surface area contributed by atoms with Crippen molar-refractivity contribution in [2.75, 3.05) is 0 Å². The predicted molar refractivity (Wildman–Crippen MR) is 67.5 cm³/mol. The zero-order valence-corrected chi connectivity index (χ0v) is 9.67. The van der Waals surface area contributed by atoms with Crippen molar-refractivity contribution in [3.8, 4) is 17.2 Å². The summed E-state index contributed by atoms with van der Waals surface area (Å²) in [6, 6.07) is 6.06. The Bertz CT molecular complexity index is 716. The van der Waals surface area contributed by atoms with Crippen LogP contribution in [0.15, 0.2) is 36.9 Å². The van der Waals surface area contributed by atoms with E-state index in [-0.39, 0.29) is 0 Å². The van der Waals surface area contributed by atoms with Crippen LogP contribution in [-0.4, -0.2) is 19.7 Å². The minimum atomic E-state index is 0.469. The van der Waals surface area contributed by atoms with Crippen LogP contribution < -0.4 is 0 Å². The van der Waals surface area contributed by atoms with Crippen LogP contribution in [0.3, 0.4) is 0 Å². The van der Waals surface area contributed by atoms with Crippen molar-refractivity contribution in [3.05, 3.63) is 36.9 Å². The molecule has 0 saturated carbocycles. The summed E-state index contributed by atoms with van der Waals surface area (Å²) in [5, 5.41) is 13.9. The van der Waals surface area contributed by atoms with E-state index in [1.54, 1.807) is 10.9 Å². The fourth-order valence-electron chi connectivity index (χ4n) is 1.98.